The molecule has 41 heavy (non-hydrogen) atoms. The summed E-state index contributed by atoms with van der Waals surface area (Å²) in [7, 11) is -3.70. The molecule has 1 fully saturated rings. The predicted molar refractivity (Wildman–Crippen MR) is 161 cm³/mol. The predicted octanol–water partition coefficient (Wildman–Crippen LogP) is 6.39. The first-order chi connectivity index (χ1) is 19.8. The van der Waals surface area contributed by atoms with Crippen molar-refractivity contribution < 1.29 is 13.2 Å². The van der Waals surface area contributed by atoms with E-state index < -0.39 is 10.0 Å². The number of hydrogen-bond donors (Lipinski definition) is 1. The van der Waals surface area contributed by atoms with Gasteiger partial charge in [0.05, 0.1) is 17.1 Å². The number of aromatic nitrogens is 1. The van der Waals surface area contributed by atoms with Gasteiger partial charge in [0.2, 0.25) is 15.9 Å². The molecule has 1 N–H and O–H groups in total. The lowest BCUT2D eigenvalue weighted by Gasteiger charge is -2.29. The Balaban J connectivity index is 1.32. The molecule has 0 unspecified atom stereocenters. The molecule has 0 spiro atoms. The van der Waals surface area contributed by atoms with Crippen molar-refractivity contribution in [2.45, 2.75) is 62.9 Å². The lowest BCUT2D eigenvalue weighted by Crippen LogP contribution is -2.34. The van der Waals surface area contributed by atoms with E-state index in [0.717, 1.165) is 53.0 Å². The Bertz CT molecular complexity index is 1670. The number of aryl methyl sites for hydroxylation is 3. The van der Waals surface area contributed by atoms with Crippen LogP contribution in [0, 0.1) is 19.8 Å². The molecule has 0 aliphatic heterocycles. The fourth-order valence-corrected chi connectivity index (χ4v) is 7.18. The van der Waals surface area contributed by atoms with Gasteiger partial charge in [0.1, 0.15) is 0 Å². The fourth-order valence-electron chi connectivity index (χ4n) is 5.93. The maximum absolute atomic E-state index is 14.1. The molecule has 2 aliphatic carbocycles. The highest BCUT2D eigenvalue weighted by Crippen LogP contribution is 2.49. The van der Waals surface area contributed by atoms with Gasteiger partial charge in [0.25, 0.3) is 0 Å². The van der Waals surface area contributed by atoms with Crippen molar-refractivity contribution in [2.24, 2.45) is 5.92 Å². The second-order valence-electron chi connectivity index (χ2n) is 11.3. The molecular formula is C34H35N3O3S. The third-order valence-corrected chi connectivity index (χ3v) is 9.74. The van der Waals surface area contributed by atoms with E-state index in [1.807, 2.05) is 79.4 Å². The van der Waals surface area contributed by atoms with Crippen molar-refractivity contribution in [1.29, 1.82) is 0 Å². The number of anilines is 1. The minimum Gasteiger partial charge on any atom is -0.306 e. The lowest BCUT2D eigenvalue weighted by atomic mass is 9.87. The molecule has 3 atom stereocenters. The minimum atomic E-state index is -3.70. The van der Waals surface area contributed by atoms with Crippen LogP contribution in [0.25, 0.3) is 0 Å². The summed E-state index contributed by atoms with van der Waals surface area (Å²) in [5.41, 5.74) is 6.76. The first-order valence-electron chi connectivity index (χ1n) is 14.3. The summed E-state index contributed by atoms with van der Waals surface area (Å²) in [6.45, 7) is 4.24. The average molecular weight is 566 g/mol. The Kier molecular flexibility index (Phi) is 7.49. The van der Waals surface area contributed by atoms with Gasteiger partial charge in [-0.2, -0.15) is 0 Å². The van der Waals surface area contributed by atoms with Crippen molar-refractivity contribution in [3.8, 4) is 0 Å². The Labute approximate surface area is 242 Å². The molecule has 2 aliphatic rings. The highest BCUT2D eigenvalue weighted by atomic mass is 32.2. The van der Waals surface area contributed by atoms with Crippen molar-refractivity contribution >= 4 is 21.6 Å². The average Bonchev–Trinajstić information content (AvgIpc) is 3.78. The van der Waals surface area contributed by atoms with Crippen LogP contribution in [0.1, 0.15) is 64.9 Å². The Morgan fingerprint density at radius 1 is 0.951 bits per heavy atom. The highest BCUT2D eigenvalue weighted by Gasteiger charge is 2.46. The van der Waals surface area contributed by atoms with Gasteiger partial charge >= 0.3 is 0 Å². The van der Waals surface area contributed by atoms with E-state index in [0.29, 0.717) is 13.0 Å². The summed E-state index contributed by atoms with van der Waals surface area (Å²) in [6.07, 6.45) is 3.30. The monoisotopic (exact) mass is 565 g/mol. The zero-order valence-electron chi connectivity index (χ0n) is 23.5. The zero-order valence-corrected chi connectivity index (χ0v) is 24.3. The molecular weight excluding hydrogens is 530 g/mol. The molecule has 1 aromatic heterocycles. The molecule has 3 aromatic carbocycles. The number of benzene rings is 3. The van der Waals surface area contributed by atoms with Gasteiger partial charge in [-0.25, -0.2) is 13.1 Å². The van der Waals surface area contributed by atoms with E-state index in [1.54, 1.807) is 12.1 Å². The van der Waals surface area contributed by atoms with Crippen molar-refractivity contribution in [3.05, 3.63) is 125 Å². The van der Waals surface area contributed by atoms with Crippen LogP contribution in [0.4, 0.5) is 5.69 Å². The molecule has 6 nitrogen and oxygen atoms in total. The van der Waals surface area contributed by atoms with E-state index in [2.05, 4.69) is 27.9 Å². The number of sulfonamides is 1. The first kappa shape index (κ1) is 27.4. The summed E-state index contributed by atoms with van der Waals surface area (Å²) < 4.78 is 29.6. The number of hydrogen-bond acceptors (Lipinski definition) is 4. The second-order valence-corrected chi connectivity index (χ2v) is 13.0. The van der Waals surface area contributed by atoms with Gasteiger partial charge in [-0.05, 0) is 98.5 Å². The van der Waals surface area contributed by atoms with Crippen LogP contribution in [-0.2, 0) is 27.8 Å². The maximum Gasteiger partial charge on any atom is 0.241 e. The van der Waals surface area contributed by atoms with Crippen LogP contribution in [0.2, 0.25) is 0 Å². The largest absolute Gasteiger partial charge is 0.306 e. The third kappa shape index (κ3) is 5.97. The Morgan fingerprint density at radius 2 is 1.73 bits per heavy atom. The van der Waals surface area contributed by atoms with E-state index in [-0.39, 0.29) is 28.7 Å². The SMILES string of the molecule is Cc1ccc(S(=O)(=O)N[C@H]2CCCc3ccc(N(Cc4cccc(C)n4)C(=O)[C@@H]4C[C@H]4c4ccccc4)cc32)cc1. The molecule has 1 saturated carbocycles. The maximum atomic E-state index is 14.1. The van der Waals surface area contributed by atoms with Crippen LogP contribution in [-0.4, -0.2) is 19.3 Å². The number of nitrogens with zero attached hydrogens (tertiary/aromatic N) is 2. The number of amides is 1. The van der Waals surface area contributed by atoms with Crippen molar-refractivity contribution in [2.75, 3.05) is 4.90 Å². The van der Waals surface area contributed by atoms with Crippen molar-refractivity contribution in [3.63, 3.8) is 0 Å². The molecule has 0 saturated heterocycles. The molecule has 0 bridgehead atoms. The topological polar surface area (TPSA) is 79.4 Å². The zero-order chi connectivity index (χ0) is 28.6. The number of carbonyl (C=O) groups excluding carboxylic acids is 1. The van der Waals surface area contributed by atoms with Gasteiger partial charge in [0, 0.05) is 23.3 Å². The third-order valence-electron chi connectivity index (χ3n) is 8.25. The molecule has 1 amide bonds. The number of carbonyl (C=O) groups is 1. The van der Waals surface area contributed by atoms with Crippen LogP contribution in [0.3, 0.4) is 0 Å². The normalized spacial score (nSPS) is 19.8. The molecule has 7 heteroatoms. The summed E-state index contributed by atoms with van der Waals surface area (Å²) in [4.78, 5) is 20.8. The first-order valence-corrected chi connectivity index (χ1v) is 15.8. The molecule has 6 rings (SSSR count). The second kappa shape index (κ2) is 11.2. The quantitative estimate of drug-likeness (QED) is 0.268. The highest BCUT2D eigenvalue weighted by molar-refractivity contribution is 7.89. The fraction of sp³-hybridized carbons (Fsp3) is 0.294. The molecule has 4 aromatic rings. The number of rotatable bonds is 8. The number of fused-ring (bicyclic) bond motifs is 1. The summed E-state index contributed by atoms with van der Waals surface area (Å²) in [5.74, 6) is 0.201. The standard InChI is InChI=1S/C34H35N3O3S/c1-23-14-18-29(19-15-23)41(39,40)36-33-13-7-11-26-16-17-28(20-31(26)33)37(22-27-12-6-8-24(2)35-27)34(38)32-21-30(32)25-9-4-3-5-10-25/h3-6,8-10,12,14-20,30,32-33,36H,7,11,13,21-22H2,1-2H3/t30-,32+,33-/m0/s1. The molecule has 0 radical (unpaired) electrons. The minimum absolute atomic E-state index is 0.0784. The van der Waals surface area contributed by atoms with E-state index in [4.69, 9.17) is 0 Å². The Morgan fingerprint density at radius 3 is 2.49 bits per heavy atom. The molecule has 1 heterocycles. The summed E-state index contributed by atoms with van der Waals surface area (Å²) >= 11 is 0. The van der Waals surface area contributed by atoms with Crippen LogP contribution in [0.5, 0.6) is 0 Å². The van der Waals surface area contributed by atoms with Gasteiger partial charge in [-0.3, -0.25) is 9.78 Å². The summed E-state index contributed by atoms with van der Waals surface area (Å²) in [5, 5.41) is 0. The summed E-state index contributed by atoms with van der Waals surface area (Å²) in [6, 6.07) is 28.7. The smallest absolute Gasteiger partial charge is 0.241 e. The number of nitrogens with one attached hydrogen (secondary N) is 1. The van der Waals surface area contributed by atoms with E-state index in [1.165, 1.54) is 5.56 Å². The van der Waals surface area contributed by atoms with Gasteiger partial charge < -0.3 is 4.90 Å². The molecule has 210 valence electrons. The van der Waals surface area contributed by atoms with E-state index in [9.17, 15) is 13.2 Å². The number of pyridine rings is 1. The Hall–Kier alpha value is -3.81. The van der Waals surface area contributed by atoms with Crippen LogP contribution in [0.15, 0.2) is 95.9 Å². The van der Waals surface area contributed by atoms with Crippen molar-refractivity contribution in [1.82, 2.24) is 9.71 Å². The van der Waals surface area contributed by atoms with E-state index >= 15 is 0 Å². The van der Waals surface area contributed by atoms with Crippen LogP contribution < -0.4 is 9.62 Å². The van der Waals surface area contributed by atoms with Gasteiger partial charge in [-0.1, -0.05) is 60.2 Å². The van der Waals surface area contributed by atoms with Gasteiger partial charge in [-0.15, -0.1) is 0 Å². The lowest BCUT2D eigenvalue weighted by molar-refractivity contribution is -0.120. The van der Waals surface area contributed by atoms with Crippen LogP contribution >= 0.6 is 0 Å². The van der Waals surface area contributed by atoms with Gasteiger partial charge in [0.15, 0.2) is 0 Å².